The van der Waals surface area contributed by atoms with Gasteiger partial charge in [-0.05, 0) is 44.0 Å². The average Bonchev–Trinajstić information content (AvgIpc) is 2.48. The first-order valence-corrected chi connectivity index (χ1v) is 6.83. The number of benzene rings is 1. The fraction of sp³-hybridized carbons (Fsp3) is 0.600. The molecular formula is C15H22NO3. The van der Waals surface area contributed by atoms with Gasteiger partial charge in [0.1, 0.15) is 0 Å². The number of hydrogen-bond acceptors (Lipinski definition) is 4. The predicted molar refractivity (Wildman–Crippen MR) is 74.1 cm³/mol. The molecular weight excluding hydrogens is 242 g/mol. The van der Waals surface area contributed by atoms with Crippen LogP contribution < -0.4 is 19.5 Å². The summed E-state index contributed by atoms with van der Waals surface area (Å²) >= 11 is 0. The van der Waals surface area contributed by atoms with Gasteiger partial charge in [0.15, 0.2) is 11.5 Å². The quantitative estimate of drug-likeness (QED) is 0.856. The van der Waals surface area contributed by atoms with E-state index in [1.165, 1.54) is 19.3 Å². The Morgan fingerprint density at radius 2 is 1.95 bits per heavy atom. The summed E-state index contributed by atoms with van der Waals surface area (Å²) in [6, 6.07) is 7.06. The van der Waals surface area contributed by atoms with Crippen LogP contribution in [0.2, 0.25) is 0 Å². The van der Waals surface area contributed by atoms with Crippen molar-refractivity contribution in [1.29, 1.82) is 0 Å². The van der Waals surface area contributed by atoms with Crippen LogP contribution >= 0.6 is 0 Å². The number of ether oxygens (including phenoxy) is 3. The van der Waals surface area contributed by atoms with Crippen molar-refractivity contribution in [3.8, 4) is 17.2 Å². The van der Waals surface area contributed by atoms with Crippen molar-refractivity contribution in [2.24, 2.45) is 0 Å². The van der Waals surface area contributed by atoms with Gasteiger partial charge in [0, 0.05) is 6.04 Å². The van der Waals surface area contributed by atoms with Crippen molar-refractivity contribution in [2.45, 2.75) is 31.7 Å². The summed E-state index contributed by atoms with van der Waals surface area (Å²) < 4.78 is 16.4. The predicted octanol–water partition coefficient (Wildman–Crippen LogP) is 2.41. The molecule has 0 bridgehead atoms. The Morgan fingerprint density at radius 3 is 2.53 bits per heavy atom. The molecule has 1 unspecified atom stereocenters. The molecule has 4 heteroatoms. The third-order valence-corrected chi connectivity index (χ3v) is 3.44. The van der Waals surface area contributed by atoms with Crippen LogP contribution in [-0.2, 0) is 0 Å². The third kappa shape index (κ3) is 3.77. The molecule has 0 saturated carbocycles. The zero-order valence-electron chi connectivity index (χ0n) is 11.7. The van der Waals surface area contributed by atoms with Crippen molar-refractivity contribution in [2.75, 3.05) is 27.4 Å². The molecule has 0 spiro atoms. The first-order chi connectivity index (χ1) is 9.35. The van der Waals surface area contributed by atoms with Gasteiger partial charge < -0.3 is 19.5 Å². The lowest BCUT2D eigenvalue weighted by atomic mass is 10.0. The zero-order valence-corrected chi connectivity index (χ0v) is 11.7. The summed E-state index contributed by atoms with van der Waals surface area (Å²) in [5.74, 6) is 1.99. The van der Waals surface area contributed by atoms with Gasteiger partial charge in [-0.15, -0.1) is 0 Å². The molecule has 1 saturated heterocycles. The van der Waals surface area contributed by atoms with Crippen LogP contribution in [0.3, 0.4) is 0 Å². The lowest BCUT2D eigenvalue weighted by Gasteiger charge is -2.23. The van der Waals surface area contributed by atoms with E-state index >= 15 is 0 Å². The van der Waals surface area contributed by atoms with E-state index in [-0.39, 0.29) is 0 Å². The van der Waals surface area contributed by atoms with E-state index < -0.39 is 0 Å². The maximum Gasteiger partial charge on any atom is 0.203 e. The highest BCUT2D eigenvalue weighted by Crippen LogP contribution is 2.36. The fourth-order valence-electron chi connectivity index (χ4n) is 2.36. The molecule has 4 nitrogen and oxygen atoms in total. The van der Waals surface area contributed by atoms with Crippen molar-refractivity contribution < 1.29 is 14.2 Å². The molecule has 0 amide bonds. The molecule has 1 N–H and O–H groups in total. The fourth-order valence-corrected chi connectivity index (χ4v) is 2.36. The van der Waals surface area contributed by atoms with E-state index in [0.29, 0.717) is 29.9 Å². The lowest BCUT2D eigenvalue weighted by Crippen LogP contribution is -2.35. The number of methoxy groups -OCH3 is 2. The second kappa shape index (κ2) is 7.24. The second-order valence-corrected chi connectivity index (χ2v) is 4.71. The molecule has 1 fully saturated rings. The molecule has 1 aliphatic rings. The molecule has 1 aromatic rings. The van der Waals surface area contributed by atoms with Gasteiger partial charge in [-0.1, -0.05) is 6.42 Å². The molecule has 19 heavy (non-hydrogen) atoms. The molecule has 1 heterocycles. The average molecular weight is 264 g/mol. The molecule has 0 aliphatic carbocycles. The van der Waals surface area contributed by atoms with Gasteiger partial charge in [-0.25, -0.2) is 0 Å². The minimum absolute atomic E-state index is 0.570. The van der Waals surface area contributed by atoms with E-state index in [9.17, 15) is 0 Å². The topological polar surface area (TPSA) is 39.7 Å². The summed E-state index contributed by atoms with van der Waals surface area (Å²) in [5, 5.41) is 3.51. The largest absolute Gasteiger partial charge is 0.493 e. The second-order valence-electron chi connectivity index (χ2n) is 4.71. The highest BCUT2D eigenvalue weighted by atomic mass is 16.5. The Bertz CT molecular complexity index is 367. The van der Waals surface area contributed by atoms with Gasteiger partial charge in [-0.3, -0.25) is 0 Å². The highest BCUT2D eigenvalue weighted by Gasteiger charge is 2.15. The number of rotatable bonds is 6. The Morgan fingerprint density at radius 1 is 1.21 bits per heavy atom. The van der Waals surface area contributed by atoms with Gasteiger partial charge in [0.25, 0.3) is 0 Å². The van der Waals surface area contributed by atoms with E-state index in [1.807, 2.05) is 0 Å². The normalized spacial score (nSPS) is 18.9. The minimum atomic E-state index is 0.570. The van der Waals surface area contributed by atoms with Crippen molar-refractivity contribution >= 4 is 0 Å². The van der Waals surface area contributed by atoms with Crippen molar-refractivity contribution in [3.05, 3.63) is 18.2 Å². The molecule has 1 atom stereocenters. The smallest absolute Gasteiger partial charge is 0.203 e. The molecule has 2 rings (SSSR count). The molecule has 1 aromatic carbocycles. The van der Waals surface area contributed by atoms with Crippen LogP contribution in [0, 0.1) is 6.07 Å². The minimum Gasteiger partial charge on any atom is -0.493 e. The summed E-state index contributed by atoms with van der Waals surface area (Å²) in [7, 11) is 3.25. The Kier molecular flexibility index (Phi) is 5.33. The molecule has 1 aliphatic heterocycles. The number of hydrogen-bond donors (Lipinski definition) is 1. The Labute approximate surface area is 115 Å². The first-order valence-electron chi connectivity index (χ1n) is 6.83. The summed E-state index contributed by atoms with van der Waals surface area (Å²) in [6.07, 6.45) is 4.84. The highest BCUT2D eigenvalue weighted by molar-refractivity contribution is 5.50. The Hall–Kier alpha value is -1.42. The monoisotopic (exact) mass is 264 g/mol. The van der Waals surface area contributed by atoms with E-state index in [4.69, 9.17) is 14.2 Å². The van der Waals surface area contributed by atoms with Crippen LogP contribution in [-0.4, -0.2) is 33.4 Å². The zero-order chi connectivity index (χ0) is 13.5. The Balaban J connectivity index is 1.90. The van der Waals surface area contributed by atoms with Crippen molar-refractivity contribution in [1.82, 2.24) is 5.32 Å². The maximum absolute atomic E-state index is 5.84. The lowest BCUT2D eigenvalue weighted by molar-refractivity contribution is 0.245. The summed E-state index contributed by atoms with van der Waals surface area (Å²) in [5.41, 5.74) is 0. The molecule has 105 valence electrons. The standard InChI is InChI=1S/C15H22NO3/c1-17-13-7-5-8-14(18-2)15(13)19-11-9-12-6-3-4-10-16-12/h7-8,12,16H,3-4,6,9-11H2,1-2H3. The third-order valence-electron chi connectivity index (χ3n) is 3.44. The maximum atomic E-state index is 5.84. The van der Waals surface area contributed by atoms with Crippen LogP contribution in [0.5, 0.6) is 17.2 Å². The van der Waals surface area contributed by atoms with E-state index in [2.05, 4.69) is 11.4 Å². The van der Waals surface area contributed by atoms with Crippen LogP contribution in [0.15, 0.2) is 12.1 Å². The molecule has 0 aromatic heterocycles. The van der Waals surface area contributed by atoms with Crippen LogP contribution in [0.1, 0.15) is 25.7 Å². The number of nitrogens with one attached hydrogen (secondary N) is 1. The van der Waals surface area contributed by atoms with Gasteiger partial charge in [0.05, 0.1) is 20.8 Å². The van der Waals surface area contributed by atoms with Gasteiger partial charge in [0.2, 0.25) is 5.75 Å². The first kappa shape index (κ1) is 14.0. The molecule has 1 radical (unpaired) electrons. The van der Waals surface area contributed by atoms with Gasteiger partial charge in [-0.2, -0.15) is 0 Å². The van der Waals surface area contributed by atoms with Crippen LogP contribution in [0.4, 0.5) is 0 Å². The van der Waals surface area contributed by atoms with E-state index in [1.54, 1.807) is 26.4 Å². The number of piperidine rings is 1. The summed E-state index contributed by atoms with van der Waals surface area (Å²) in [6.45, 7) is 1.78. The summed E-state index contributed by atoms with van der Waals surface area (Å²) in [4.78, 5) is 0. The van der Waals surface area contributed by atoms with Gasteiger partial charge >= 0.3 is 0 Å². The van der Waals surface area contributed by atoms with E-state index in [0.717, 1.165) is 13.0 Å². The van der Waals surface area contributed by atoms with Crippen LogP contribution in [0.25, 0.3) is 0 Å². The van der Waals surface area contributed by atoms with Crippen molar-refractivity contribution in [3.63, 3.8) is 0 Å². The SMILES string of the molecule is COc1c[c]cc(OC)c1OCCC1CCCCN1.